The summed E-state index contributed by atoms with van der Waals surface area (Å²) in [5.74, 6) is 0.670. The lowest BCUT2D eigenvalue weighted by molar-refractivity contribution is -0.138. The lowest BCUT2D eigenvalue weighted by Gasteiger charge is -2.30. The van der Waals surface area contributed by atoms with E-state index in [1.54, 1.807) is 23.3 Å². The highest BCUT2D eigenvalue weighted by atomic mass is 19.1. The van der Waals surface area contributed by atoms with Crippen molar-refractivity contribution in [3.05, 3.63) is 83.8 Å². The van der Waals surface area contributed by atoms with Crippen LogP contribution in [0.3, 0.4) is 0 Å². The summed E-state index contributed by atoms with van der Waals surface area (Å²) in [6.07, 6.45) is 4.81. The minimum absolute atomic E-state index is 0.0765. The fourth-order valence-corrected chi connectivity index (χ4v) is 4.67. The van der Waals surface area contributed by atoms with Crippen LogP contribution < -0.4 is 9.47 Å². The van der Waals surface area contributed by atoms with Gasteiger partial charge in [-0.3, -0.25) is 4.84 Å². The zero-order valence-electron chi connectivity index (χ0n) is 19.2. The van der Waals surface area contributed by atoms with Crippen molar-refractivity contribution in [2.75, 3.05) is 0 Å². The molecule has 2 heterocycles. The number of halogens is 1. The Morgan fingerprint density at radius 1 is 1.03 bits per heavy atom. The first-order valence-electron chi connectivity index (χ1n) is 11.9. The molecule has 1 aliphatic heterocycles. The number of carboxylic acid groups (broad SMARTS) is 1. The molecule has 1 saturated heterocycles. The van der Waals surface area contributed by atoms with Crippen LogP contribution in [-0.4, -0.2) is 27.4 Å². The van der Waals surface area contributed by atoms with Crippen LogP contribution in [0, 0.1) is 11.7 Å². The molecule has 2 aliphatic rings. The van der Waals surface area contributed by atoms with Crippen molar-refractivity contribution in [2.45, 2.75) is 51.0 Å². The number of ether oxygens (including phenoxy) is 2. The standard InChI is InChI=1S/C27H27FN2O5/c28-20-11-15-23(16-12-20)34-24-8-4-7-21(29-24)17-33-22-13-9-19(10-14-22)25(18-5-2-1-3-6-18)30-26(35-30)27(31)32/h4,7-16,18,25-26H,1-3,5-6,17H2,(H,31,32)/t25?,26-,30?/m0/s1. The van der Waals surface area contributed by atoms with Gasteiger partial charge in [0, 0.05) is 6.07 Å². The maximum Gasteiger partial charge on any atom is 0.352 e. The van der Waals surface area contributed by atoms with E-state index < -0.39 is 12.2 Å². The van der Waals surface area contributed by atoms with E-state index in [1.807, 2.05) is 36.4 Å². The Labute approximate surface area is 203 Å². The maximum absolute atomic E-state index is 13.1. The van der Waals surface area contributed by atoms with Crippen molar-refractivity contribution in [2.24, 2.45) is 5.92 Å². The summed E-state index contributed by atoms with van der Waals surface area (Å²) in [4.78, 5) is 21.2. The molecule has 2 aromatic carbocycles. The highest BCUT2D eigenvalue weighted by molar-refractivity contribution is 5.73. The summed E-state index contributed by atoms with van der Waals surface area (Å²) in [5, 5.41) is 11.0. The first-order chi connectivity index (χ1) is 17.1. The van der Waals surface area contributed by atoms with Gasteiger partial charge in [0.1, 0.15) is 23.9 Å². The van der Waals surface area contributed by atoms with Crippen LogP contribution in [0.25, 0.3) is 0 Å². The van der Waals surface area contributed by atoms with E-state index in [2.05, 4.69) is 4.98 Å². The molecule has 5 rings (SSSR count). The molecule has 3 aromatic rings. The van der Waals surface area contributed by atoms with Crippen molar-refractivity contribution in [3.8, 4) is 17.4 Å². The number of benzene rings is 2. The molecule has 0 radical (unpaired) electrons. The molecule has 3 atom stereocenters. The predicted molar refractivity (Wildman–Crippen MR) is 125 cm³/mol. The summed E-state index contributed by atoms with van der Waals surface area (Å²) in [6.45, 7) is 0.252. The Hall–Kier alpha value is -3.49. The second-order valence-electron chi connectivity index (χ2n) is 8.88. The molecule has 35 heavy (non-hydrogen) atoms. The van der Waals surface area contributed by atoms with E-state index in [9.17, 15) is 14.3 Å². The summed E-state index contributed by atoms with van der Waals surface area (Å²) in [5.41, 5.74) is 1.72. The molecule has 1 aromatic heterocycles. The summed E-state index contributed by atoms with van der Waals surface area (Å²) in [7, 11) is 0. The van der Waals surface area contributed by atoms with Gasteiger partial charge in [0.2, 0.25) is 5.88 Å². The van der Waals surface area contributed by atoms with Gasteiger partial charge in [0.15, 0.2) is 0 Å². The number of pyridine rings is 1. The zero-order valence-corrected chi connectivity index (χ0v) is 19.2. The largest absolute Gasteiger partial charge is 0.487 e. The summed E-state index contributed by atoms with van der Waals surface area (Å²) < 4.78 is 24.7. The molecule has 182 valence electrons. The average Bonchev–Trinajstić information content (AvgIpc) is 3.67. The van der Waals surface area contributed by atoms with Gasteiger partial charge in [0.05, 0.1) is 11.7 Å². The van der Waals surface area contributed by atoms with E-state index in [4.69, 9.17) is 14.3 Å². The fourth-order valence-electron chi connectivity index (χ4n) is 4.67. The van der Waals surface area contributed by atoms with Crippen LogP contribution in [0.4, 0.5) is 4.39 Å². The number of carboxylic acids is 1. The number of carbonyl (C=O) groups is 1. The Bertz CT molecular complexity index is 1150. The van der Waals surface area contributed by atoms with E-state index >= 15 is 0 Å². The Morgan fingerprint density at radius 3 is 2.43 bits per heavy atom. The number of hydrogen-bond donors (Lipinski definition) is 1. The third-order valence-corrected chi connectivity index (χ3v) is 6.41. The quantitative estimate of drug-likeness (QED) is 0.385. The molecular formula is C27H27FN2O5. The number of hydrogen-bond acceptors (Lipinski definition) is 6. The van der Waals surface area contributed by atoms with Crippen molar-refractivity contribution >= 4 is 5.97 Å². The normalized spacial score (nSPS) is 20.7. The zero-order chi connectivity index (χ0) is 24.2. The van der Waals surface area contributed by atoms with E-state index in [0.29, 0.717) is 29.0 Å². The molecule has 1 saturated carbocycles. The lowest BCUT2D eigenvalue weighted by Crippen LogP contribution is -2.25. The van der Waals surface area contributed by atoms with Gasteiger partial charge in [-0.2, -0.15) is 0 Å². The van der Waals surface area contributed by atoms with Crippen molar-refractivity contribution in [1.29, 1.82) is 0 Å². The first-order valence-corrected chi connectivity index (χ1v) is 11.9. The SMILES string of the molecule is O=C(O)[C@@H]1ON1C(c1ccc(OCc2cccc(Oc3ccc(F)cc3)n2)cc1)C1CCCCC1. The highest BCUT2D eigenvalue weighted by Gasteiger charge is 2.50. The minimum Gasteiger partial charge on any atom is -0.487 e. The predicted octanol–water partition coefficient (Wildman–Crippen LogP) is 5.87. The smallest absolute Gasteiger partial charge is 0.352 e. The number of aliphatic carboxylic acids is 1. The molecule has 0 spiro atoms. The monoisotopic (exact) mass is 478 g/mol. The van der Waals surface area contributed by atoms with Crippen molar-refractivity contribution < 1.29 is 28.6 Å². The lowest BCUT2D eigenvalue weighted by atomic mass is 9.81. The molecule has 2 fully saturated rings. The van der Waals surface area contributed by atoms with Crippen LogP contribution >= 0.6 is 0 Å². The molecular weight excluding hydrogens is 451 g/mol. The van der Waals surface area contributed by atoms with Crippen LogP contribution in [0.2, 0.25) is 0 Å². The molecule has 2 unspecified atom stereocenters. The van der Waals surface area contributed by atoms with Gasteiger partial charge < -0.3 is 14.6 Å². The third-order valence-electron chi connectivity index (χ3n) is 6.41. The molecule has 1 aliphatic carbocycles. The number of rotatable bonds is 9. The van der Waals surface area contributed by atoms with Gasteiger partial charge >= 0.3 is 5.97 Å². The average molecular weight is 479 g/mol. The molecule has 0 amide bonds. The Balaban J connectivity index is 1.22. The first kappa shape index (κ1) is 23.3. The second kappa shape index (κ2) is 10.4. The van der Waals surface area contributed by atoms with Crippen LogP contribution in [-0.2, 0) is 16.2 Å². The van der Waals surface area contributed by atoms with Crippen molar-refractivity contribution in [1.82, 2.24) is 10.0 Å². The van der Waals surface area contributed by atoms with E-state index in [-0.39, 0.29) is 18.5 Å². The van der Waals surface area contributed by atoms with Gasteiger partial charge in [0.25, 0.3) is 6.23 Å². The second-order valence-corrected chi connectivity index (χ2v) is 8.88. The van der Waals surface area contributed by atoms with Gasteiger partial charge in [-0.1, -0.05) is 37.5 Å². The van der Waals surface area contributed by atoms with Crippen molar-refractivity contribution in [3.63, 3.8) is 0 Å². The van der Waals surface area contributed by atoms with E-state index in [1.165, 1.54) is 18.6 Å². The van der Waals surface area contributed by atoms with Gasteiger partial charge in [-0.25, -0.2) is 14.2 Å². The number of nitrogens with zero attached hydrogens (tertiary/aromatic N) is 2. The Morgan fingerprint density at radius 2 is 1.74 bits per heavy atom. The third kappa shape index (κ3) is 5.78. The molecule has 7 nitrogen and oxygen atoms in total. The number of aromatic nitrogens is 1. The fraction of sp³-hybridized carbons (Fsp3) is 0.333. The van der Waals surface area contributed by atoms with E-state index in [0.717, 1.165) is 31.2 Å². The summed E-state index contributed by atoms with van der Waals surface area (Å²) in [6, 6.07) is 18.8. The van der Waals surface area contributed by atoms with Crippen LogP contribution in [0.5, 0.6) is 17.4 Å². The topological polar surface area (TPSA) is 84.2 Å². The molecule has 0 bridgehead atoms. The maximum atomic E-state index is 13.1. The highest BCUT2D eigenvalue weighted by Crippen LogP contribution is 2.44. The van der Waals surface area contributed by atoms with Crippen LogP contribution in [0.1, 0.15) is 49.4 Å². The number of hydroxylamine groups is 2. The molecule has 8 heteroatoms. The Kier molecular flexibility index (Phi) is 6.92. The molecule has 1 N–H and O–H groups in total. The minimum atomic E-state index is -0.955. The van der Waals surface area contributed by atoms with Gasteiger partial charge in [-0.05, 0) is 66.8 Å². The summed E-state index contributed by atoms with van der Waals surface area (Å²) >= 11 is 0. The van der Waals surface area contributed by atoms with Crippen LogP contribution in [0.15, 0.2) is 66.7 Å². The van der Waals surface area contributed by atoms with Gasteiger partial charge in [-0.15, -0.1) is 5.06 Å².